The highest BCUT2D eigenvalue weighted by Gasteiger charge is 2.32. The quantitative estimate of drug-likeness (QED) is 0.563. The van der Waals surface area contributed by atoms with Crippen molar-refractivity contribution in [1.82, 2.24) is 19.8 Å². The number of nitrogens with zero attached hydrogens (tertiary/aromatic N) is 4. The van der Waals surface area contributed by atoms with Crippen LogP contribution in [0.1, 0.15) is 12.1 Å². The molecular weight excluding hydrogens is 364 g/mol. The van der Waals surface area contributed by atoms with Crippen molar-refractivity contribution >= 4 is 16.4 Å². The number of hydrogen-bond donors (Lipinski definition) is 2. The number of methoxy groups -OCH3 is 1. The van der Waals surface area contributed by atoms with Crippen molar-refractivity contribution in [2.45, 2.75) is 12.0 Å². The minimum Gasteiger partial charge on any atom is -0.496 e. The van der Waals surface area contributed by atoms with Crippen LogP contribution in [0.4, 0.5) is 0 Å². The molecule has 0 saturated heterocycles. The van der Waals surface area contributed by atoms with Gasteiger partial charge in [-0.2, -0.15) is 9.61 Å². The molecule has 7 heteroatoms. The van der Waals surface area contributed by atoms with Crippen LogP contribution in [0.3, 0.4) is 0 Å². The molecule has 0 aliphatic heterocycles. The van der Waals surface area contributed by atoms with Gasteiger partial charge in [0.05, 0.1) is 23.9 Å². The second-order valence-electron chi connectivity index (χ2n) is 7.17. The van der Waals surface area contributed by atoms with E-state index in [1.165, 1.54) is 0 Å². The molecule has 29 heavy (non-hydrogen) atoms. The summed E-state index contributed by atoms with van der Waals surface area (Å²) in [6.45, 7) is 0. The maximum atomic E-state index is 6.79. The highest BCUT2D eigenvalue weighted by molar-refractivity contribution is 5.96. The number of hydrogen-bond acceptors (Lipinski definition) is 6. The van der Waals surface area contributed by atoms with Crippen molar-refractivity contribution in [3.05, 3.63) is 78.1 Å². The van der Waals surface area contributed by atoms with Crippen LogP contribution in [0.5, 0.6) is 5.75 Å². The van der Waals surface area contributed by atoms with Crippen LogP contribution in [0.25, 0.3) is 27.8 Å². The summed E-state index contributed by atoms with van der Waals surface area (Å²) in [6.07, 6.45) is 6.17. The fourth-order valence-electron chi connectivity index (χ4n) is 3.88. The third-order valence-electron chi connectivity index (χ3n) is 5.25. The van der Waals surface area contributed by atoms with E-state index in [-0.39, 0.29) is 0 Å². The number of ether oxygens (including phenoxy) is 1. The van der Waals surface area contributed by atoms with Gasteiger partial charge in [0.1, 0.15) is 5.75 Å². The molecule has 2 heterocycles. The average molecular weight is 384 g/mol. The Kier molecular flexibility index (Phi) is 3.85. The molecule has 0 fully saturated rings. The van der Waals surface area contributed by atoms with Crippen LogP contribution in [-0.4, -0.2) is 26.9 Å². The predicted molar refractivity (Wildman–Crippen MR) is 112 cm³/mol. The van der Waals surface area contributed by atoms with Gasteiger partial charge in [-0.3, -0.25) is 0 Å². The highest BCUT2D eigenvalue weighted by atomic mass is 16.5. The van der Waals surface area contributed by atoms with Crippen molar-refractivity contribution in [1.29, 1.82) is 0 Å². The molecule has 2 aromatic heterocycles. The molecule has 5 rings (SSSR count). The van der Waals surface area contributed by atoms with Gasteiger partial charge < -0.3 is 16.2 Å². The lowest BCUT2D eigenvalue weighted by molar-refractivity contribution is 0.416. The van der Waals surface area contributed by atoms with Gasteiger partial charge in [0, 0.05) is 22.9 Å². The van der Waals surface area contributed by atoms with Crippen LogP contribution in [0, 0.1) is 0 Å². The topological polar surface area (TPSA) is 104 Å². The largest absolute Gasteiger partial charge is 0.496 e. The zero-order valence-corrected chi connectivity index (χ0v) is 15.9. The molecule has 4 N–H and O–H groups in total. The molecule has 1 aliphatic carbocycles. The first-order chi connectivity index (χ1) is 14.1. The summed E-state index contributed by atoms with van der Waals surface area (Å²) in [7, 11) is 1.63. The van der Waals surface area contributed by atoms with E-state index < -0.39 is 5.54 Å². The lowest BCUT2D eigenvalue weighted by Crippen LogP contribution is -2.39. The summed E-state index contributed by atoms with van der Waals surface area (Å²) in [5, 5.41) is 15.6. The molecule has 7 nitrogen and oxygen atoms in total. The molecular formula is C22H20N6O. The van der Waals surface area contributed by atoms with Gasteiger partial charge in [0.15, 0.2) is 11.5 Å². The van der Waals surface area contributed by atoms with E-state index in [0.717, 1.165) is 27.7 Å². The molecule has 4 aromatic rings. The molecule has 1 atom stereocenters. The zero-order chi connectivity index (χ0) is 20.0. The summed E-state index contributed by atoms with van der Waals surface area (Å²) < 4.78 is 7.26. The second kappa shape index (κ2) is 6.42. The first-order valence-corrected chi connectivity index (χ1v) is 9.31. The second-order valence-corrected chi connectivity index (χ2v) is 7.17. The molecule has 1 aliphatic rings. The Morgan fingerprint density at radius 2 is 1.79 bits per heavy atom. The first kappa shape index (κ1) is 17.4. The molecule has 0 saturated carbocycles. The van der Waals surface area contributed by atoms with E-state index in [0.29, 0.717) is 23.6 Å². The Bertz CT molecular complexity index is 1310. The Morgan fingerprint density at radius 3 is 2.59 bits per heavy atom. The molecule has 1 unspecified atom stereocenters. The number of nitrogens with two attached hydrogens (primary N) is 2. The van der Waals surface area contributed by atoms with E-state index >= 15 is 0 Å². The Balaban J connectivity index is 1.84. The number of fused-ring (bicyclic) bond motifs is 3. The Morgan fingerprint density at radius 1 is 1.03 bits per heavy atom. The molecule has 144 valence electrons. The summed E-state index contributed by atoms with van der Waals surface area (Å²) in [5.74, 6) is 1.29. The minimum absolute atomic E-state index is 0.484. The standard InChI is InChI=1S/C22H20N6O/c1-29-18-11-5-4-10-17(18)21-26-25-20-16-9-3-2-8-15(16)19(27-28(20)21)22(24)12-6-7-14(23)13-22/h2-12H,13,23-24H2,1H3. The Labute approximate surface area is 167 Å². The third kappa shape index (κ3) is 2.67. The normalized spacial score (nSPS) is 18.9. The summed E-state index contributed by atoms with van der Waals surface area (Å²) in [6, 6.07) is 15.6. The summed E-state index contributed by atoms with van der Waals surface area (Å²) in [5.41, 5.74) is 15.0. The third-order valence-corrected chi connectivity index (χ3v) is 5.25. The maximum absolute atomic E-state index is 6.79. The predicted octanol–water partition coefficient (Wildman–Crippen LogP) is 2.91. The number of aromatic nitrogens is 4. The van der Waals surface area contributed by atoms with Crippen LogP contribution in [-0.2, 0) is 5.54 Å². The fraction of sp³-hybridized carbons (Fsp3) is 0.136. The lowest BCUT2D eigenvalue weighted by atomic mass is 9.85. The molecule has 0 bridgehead atoms. The van der Waals surface area contributed by atoms with Gasteiger partial charge in [-0.1, -0.05) is 48.6 Å². The van der Waals surface area contributed by atoms with Gasteiger partial charge in [0.25, 0.3) is 0 Å². The van der Waals surface area contributed by atoms with Crippen molar-refractivity contribution < 1.29 is 4.74 Å². The van der Waals surface area contributed by atoms with Crippen molar-refractivity contribution in [3.8, 4) is 17.1 Å². The van der Waals surface area contributed by atoms with Gasteiger partial charge in [-0.15, -0.1) is 10.2 Å². The van der Waals surface area contributed by atoms with Crippen LogP contribution in [0.2, 0.25) is 0 Å². The first-order valence-electron chi connectivity index (χ1n) is 9.31. The van der Waals surface area contributed by atoms with Gasteiger partial charge in [0.2, 0.25) is 0 Å². The van der Waals surface area contributed by atoms with Gasteiger partial charge >= 0.3 is 0 Å². The number of para-hydroxylation sites is 1. The van der Waals surface area contributed by atoms with E-state index in [4.69, 9.17) is 21.3 Å². The highest BCUT2D eigenvalue weighted by Crippen LogP contribution is 2.35. The van der Waals surface area contributed by atoms with Gasteiger partial charge in [-0.25, -0.2) is 0 Å². The monoisotopic (exact) mass is 384 g/mol. The number of allylic oxidation sites excluding steroid dienone is 2. The lowest BCUT2D eigenvalue weighted by Gasteiger charge is -2.29. The Hall–Kier alpha value is -3.71. The van der Waals surface area contributed by atoms with E-state index in [9.17, 15) is 0 Å². The average Bonchev–Trinajstić information content (AvgIpc) is 3.17. The molecule has 0 radical (unpaired) electrons. The van der Waals surface area contributed by atoms with Crippen molar-refractivity contribution in [2.24, 2.45) is 11.5 Å². The van der Waals surface area contributed by atoms with Crippen molar-refractivity contribution in [3.63, 3.8) is 0 Å². The summed E-state index contributed by atoms with van der Waals surface area (Å²) in [4.78, 5) is 0. The SMILES string of the molecule is COc1ccccc1-c1nnc2c3ccccc3c(C3(N)C=CC=C(N)C3)nn12. The number of rotatable bonds is 3. The van der Waals surface area contributed by atoms with Crippen LogP contribution in [0.15, 0.2) is 72.5 Å². The molecule has 2 aromatic carbocycles. The van der Waals surface area contributed by atoms with E-state index in [1.807, 2.05) is 66.8 Å². The zero-order valence-electron chi connectivity index (χ0n) is 15.9. The van der Waals surface area contributed by atoms with Crippen LogP contribution >= 0.6 is 0 Å². The molecule has 0 spiro atoms. The smallest absolute Gasteiger partial charge is 0.189 e. The fourth-order valence-corrected chi connectivity index (χ4v) is 3.88. The molecule has 0 amide bonds. The van der Waals surface area contributed by atoms with Crippen LogP contribution < -0.4 is 16.2 Å². The number of benzene rings is 2. The van der Waals surface area contributed by atoms with E-state index in [1.54, 1.807) is 11.6 Å². The summed E-state index contributed by atoms with van der Waals surface area (Å²) >= 11 is 0. The van der Waals surface area contributed by atoms with Gasteiger partial charge in [-0.05, 0) is 18.2 Å². The van der Waals surface area contributed by atoms with Crippen molar-refractivity contribution in [2.75, 3.05) is 7.11 Å². The minimum atomic E-state index is -0.824. The maximum Gasteiger partial charge on any atom is 0.189 e. The van der Waals surface area contributed by atoms with E-state index in [2.05, 4.69) is 10.2 Å².